The zero-order valence-corrected chi connectivity index (χ0v) is 10.2. The van der Waals surface area contributed by atoms with E-state index in [0.29, 0.717) is 0 Å². The summed E-state index contributed by atoms with van der Waals surface area (Å²) in [5.41, 5.74) is -2.33. The Balaban J connectivity index is 2.82. The Morgan fingerprint density at radius 2 is 1.84 bits per heavy atom. The Kier molecular flexibility index (Phi) is 3.00. The fourth-order valence-corrected chi connectivity index (χ4v) is 1.88. The number of aromatic amines is 1. The molecule has 19 heavy (non-hydrogen) atoms. The summed E-state index contributed by atoms with van der Waals surface area (Å²) in [6, 6.07) is 2.30. The Morgan fingerprint density at radius 1 is 1.21 bits per heavy atom. The molecule has 2 rings (SSSR count). The highest BCUT2D eigenvalue weighted by Gasteiger charge is 2.30. The lowest BCUT2D eigenvalue weighted by atomic mass is 10.1. The van der Waals surface area contributed by atoms with Crippen molar-refractivity contribution in [3.8, 4) is 0 Å². The topological polar surface area (TPSA) is 54.9 Å². The van der Waals surface area contributed by atoms with Crippen LogP contribution in [0.5, 0.6) is 0 Å². The van der Waals surface area contributed by atoms with Crippen LogP contribution in [0.2, 0.25) is 0 Å². The molecule has 0 unspecified atom stereocenters. The molecular formula is C12H11F3N2O2. The Hall–Kier alpha value is -2.05. The molecule has 1 heterocycles. The van der Waals surface area contributed by atoms with Crippen molar-refractivity contribution in [1.29, 1.82) is 0 Å². The number of halogens is 3. The van der Waals surface area contributed by atoms with E-state index < -0.39 is 23.0 Å². The molecule has 0 aliphatic heterocycles. The van der Waals surface area contributed by atoms with Crippen LogP contribution in [0.15, 0.2) is 27.8 Å². The third-order valence-corrected chi connectivity index (χ3v) is 2.77. The van der Waals surface area contributed by atoms with E-state index in [9.17, 15) is 22.8 Å². The number of nitrogens with zero attached hydrogens (tertiary/aromatic N) is 1. The molecule has 1 aromatic carbocycles. The predicted octanol–water partition coefficient (Wildman–Crippen LogP) is 2.29. The predicted molar refractivity (Wildman–Crippen MR) is 64.2 cm³/mol. The van der Waals surface area contributed by atoms with Crippen molar-refractivity contribution in [2.75, 3.05) is 0 Å². The standard InChI is InChI=1S/C12H11F3N2O2/c1-6(2)17-10(18)8-4-3-7(12(13,14)15)5-9(8)16-11(17)19/h3-6H,1-2H3,(H,16,19). The number of fused-ring (bicyclic) bond motifs is 1. The smallest absolute Gasteiger partial charge is 0.307 e. The van der Waals surface area contributed by atoms with Crippen molar-refractivity contribution in [1.82, 2.24) is 9.55 Å². The molecule has 0 amide bonds. The molecule has 1 N–H and O–H groups in total. The van der Waals surface area contributed by atoms with Crippen LogP contribution >= 0.6 is 0 Å². The van der Waals surface area contributed by atoms with E-state index in [0.717, 1.165) is 22.8 Å². The maximum Gasteiger partial charge on any atom is 0.416 e. The Bertz CT molecular complexity index is 741. The minimum atomic E-state index is -4.52. The van der Waals surface area contributed by atoms with Crippen LogP contribution in [-0.2, 0) is 6.18 Å². The van der Waals surface area contributed by atoms with E-state index in [1.54, 1.807) is 13.8 Å². The summed E-state index contributed by atoms with van der Waals surface area (Å²) >= 11 is 0. The van der Waals surface area contributed by atoms with Gasteiger partial charge in [-0.25, -0.2) is 4.79 Å². The van der Waals surface area contributed by atoms with Crippen LogP contribution in [-0.4, -0.2) is 9.55 Å². The summed E-state index contributed by atoms with van der Waals surface area (Å²) in [5.74, 6) is 0. The van der Waals surface area contributed by atoms with Gasteiger partial charge in [-0.05, 0) is 32.0 Å². The van der Waals surface area contributed by atoms with Crippen LogP contribution < -0.4 is 11.2 Å². The molecule has 0 atom stereocenters. The van der Waals surface area contributed by atoms with Crippen LogP contribution in [0.1, 0.15) is 25.5 Å². The molecular weight excluding hydrogens is 261 g/mol. The van der Waals surface area contributed by atoms with Gasteiger partial charge in [0.1, 0.15) is 0 Å². The van der Waals surface area contributed by atoms with Crippen molar-refractivity contribution in [2.24, 2.45) is 0 Å². The molecule has 0 aliphatic carbocycles. The lowest BCUT2D eigenvalue weighted by Gasteiger charge is -2.11. The number of alkyl halides is 3. The fraction of sp³-hybridized carbons (Fsp3) is 0.333. The first kappa shape index (κ1) is 13.4. The SMILES string of the molecule is CC(C)n1c(=O)[nH]c2cc(C(F)(F)F)ccc2c1=O. The van der Waals surface area contributed by atoms with Gasteiger partial charge in [-0.1, -0.05) is 0 Å². The average molecular weight is 272 g/mol. The third kappa shape index (κ3) is 2.27. The number of rotatable bonds is 1. The first-order valence-electron chi connectivity index (χ1n) is 5.57. The lowest BCUT2D eigenvalue weighted by molar-refractivity contribution is -0.137. The zero-order chi connectivity index (χ0) is 14.4. The van der Waals surface area contributed by atoms with Gasteiger partial charge in [-0.15, -0.1) is 0 Å². The normalized spacial score (nSPS) is 12.3. The number of H-pyrrole nitrogens is 1. The second kappa shape index (κ2) is 4.25. The van der Waals surface area contributed by atoms with Gasteiger partial charge in [-0.3, -0.25) is 9.36 Å². The fourth-order valence-electron chi connectivity index (χ4n) is 1.88. The molecule has 102 valence electrons. The zero-order valence-electron chi connectivity index (χ0n) is 10.2. The van der Waals surface area contributed by atoms with Gasteiger partial charge in [-0.2, -0.15) is 13.2 Å². The first-order chi connectivity index (χ1) is 8.71. The highest BCUT2D eigenvalue weighted by Crippen LogP contribution is 2.30. The van der Waals surface area contributed by atoms with Gasteiger partial charge in [0.15, 0.2) is 0 Å². The summed E-state index contributed by atoms with van der Waals surface area (Å²) < 4.78 is 38.6. The summed E-state index contributed by atoms with van der Waals surface area (Å²) in [4.78, 5) is 26.0. The van der Waals surface area contributed by atoms with Gasteiger partial charge in [0, 0.05) is 6.04 Å². The first-order valence-corrected chi connectivity index (χ1v) is 5.57. The van der Waals surface area contributed by atoms with Gasteiger partial charge >= 0.3 is 11.9 Å². The number of hydrogen-bond acceptors (Lipinski definition) is 2. The van der Waals surface area contributed by atoms with Crippen molar-refractivity contribution in [2.45, 2.75) is 26.1 Å². The van der Waals surface area contributed by atoms with E-state index in [2.05, 4.69) is 4.98 Å². The molecule has 4 nitrogen and oxygen atoms in total. The highest BCUT2D eigenvalue weighted by atomic mass is 19.4. The molecule has 0 fully saturated rings. The number of aromatic nitrogens is 2. The minimum Gasteiger partial charge on any atom is -0.307 e. The molecule has 7 heteroatoms. The average Bonchev–Trinajstić information content (AvgIpc) is 2.26. The summed E-state index contributed by atoms with van der Waals surface area (Å²) in [6.45, 7) is 3.29. The Labute approximate surface area is 105 Å². The van der Waals surface area contributed by atoms with Gasteiger partial charge in [0.05, 0.1) is 16.5 Å². The second-order valence-electron chi connectivity index (χ2n) is 4.46. The van der Waals surface area contributed by atoms with Crippen LogP contribution in [0.3, 0.4) is 0 Å². The summed E-state index contributed by atoms with van der Waals surface area (Å²) in [7, 11) is 0. The lowest BCUT2D eigenvalue weighted by Crippen LogP contribution is -2.36. The third-order valence-electron chi connectivity index (χ3n) is 2.77. The van der Waals surface area contributed by atoms with Gasteiger partial charge in [0.25, 0.3) is 5.56 Å². The van der Waals surface area contributed by atoms with E-state index in [-0.39, 0.29) is 16.9 Å². The molecule has 2 aromatic rings. The Morgan fingerprint density at radius 3 is 2.37 bits per heavy atom. The highest BCUT2D eigenvalue weighted by molar-refractivity contribution is 5.78. The van der Waals surface area contributed by atoms with E-state index in [4.69, 9.17) is 0 Å². The maximum absolute atomic E-state index is 12.5. The minimum absolute atomic E-state index is 0.0568. The van der Waals surface area contributed by atoms with E-state index >= 15 is 0 Å². The molecule has 1 aromatic heterocycles. The van der Waals surface area contributed by atoms with E-state index in [1.807, 2.05) is 0 Å². The largest absolute Gasteiger partial charge is 0.416 e. The summed E-state index contributed by atoms with van der Waals surface area (Å²) in [6.07, 6.45) is -4.52. The van der Waals surface area contributed by atoms with Crippen molar-refractivity contribution in [3.05, 3.63) is 44.6 Å². The molecule has 0 saturated carbocycles. The number of hydrogen-bond donors (Lipinski definition) is 1. The van der Waals surface area contributed by atoms with Crippen LogP contribution in [0.4, 0.5) is 13.2 Å². The molecule has 0 bridgehead atoms. The van der Waals surface area contributed by atoms with Crippen LogP contribution in [0.25, 0.3) is 10.9 Å². The number of benzene rings is 1. The molecule has 0 aliphatic rings. The van der Waals surface area contributed by atoms with Gasteiger partial charge < -0.3 is 4.98 Å². The maximum atomic E-state index is 12.5. The van der Waals surface area contributed by atoms with Crippen molar-refractivity contribution < 1.29 is 13.2 Å². The van der Waals surface area contributed by atoms with Crippen molar-refractivity contribution in [3.63, 3.8) is 0 Å². The van der Waals surface area contributed by atoms with Crippen molar-refractivity contribution >= 4 is 10.9 Å². The van der Waals surface area contributed by atoms with Crippen LogP contribution in [0, 0.1) is 0 Å². The van der Waals surface area contributed by atoms with Gasteiger partial charge in [0.2, 0.25) is 0 Å². The number of nitrogens with one attached hydrogen (secondary N) is 1. The summed E-state index contributed by atoms with van der Waals surface area (Å²) in [5, 5.41) is 0.0568. The monoisotopic (exact) mass is 272 g/mol. The molecule has 0 spiro atoms. The molecule has 0 saturated heterocycles. The quantitative estimate of drug-likeness (QED) is 0.866. The van der Waals surface area contributed by atoms with E-state index in [1.165, 1.54) is 0 Å². The second-order valence-corrected chi connectivity index (χ2v) is 4.46. The molecule has 0 radical (unpaired) electrons.